The van der Waals surface area contributed by atoms with Gasteiger partial charge in [0.05, 0.1) is 0 Å². The van der Waals surface area contributed by atoms with Gasteiger partial charge >= 0.3 is 0 Å². The average Bonchev–Trinajstić information content (AvgIpc) is 1.24. The van der Waals surface area contributed by atoms with Crippen molar-refractivity contribution in [3.05, 3.63) is 409 Å². The van der Waals surface area contributed by atoms with Gasteiger partial charge in [-0.15, -0.1) is 11.3 Å². The summed E-state index contributed by atoms with van der Waals surface area (Å²) in [7, 11) is 0. The first-order valence-corrected chi connectivity index (χ1v) is 40.4. The second-order valence-corrected chi connectivity index (χ2v) is 32.0. The quantitative estimate of drug-likeness (QED) is 0.149. The Morgan fingerprint density at radius 1 is 0.193 bits per heavy atom. The first-order valence-electron chi connectivity index (χ1n) is 39.6. The maximum absolute atomic E-state index is 6.25. The smallest absolute Gasteiger partial charge is 0.136 e. The van der Waals surface area contributed by atoms with Crippen molar-refractivity contribution < 1.29 is 8.83 Å². The van der Waals surface area contributed by atoms with Gasteiger partial charge in [0.2, 0.25) is 0 Å². The third-order valence-corrected chi connectivity index (χ3v) is 25.5. The number of fused-ring (bicyclic) bond motifs is 19. The van der Waals surface area contributed by atoms with Gasteiger partial charge in [0.25, 0.3) is 0 Å². The third kappa shape index (κ3) is 11.3. The van der Waals surface area contributed by atoms with Gasteiger partial charge in [0.15, 0.2) is 0 Å². The first kappa shape index (κ1) is 67.0. The molecule has 22 aromatic rings. The normalized spacial score (nSPS) is 12.1. The minimum absolute atomic E-state index is 0.928. The van der Waals surface area contributed by atoms with Crippen molar-refractivity contribution >= 4 is 118 Å². The van der Waals surface area contributed by atoms with Crippen LogP contribution in [0.3, 0.4) is 0 Å². The largest absolute Gasteiger partial charge is 0.456 e. The molecule has 0 amide bonds. The molecule has 0 spiro atoms. The van der Waals surface area contributed by atoms with Gasteiger partial charge in [-0.25, -0.2) is 0 Å². The fourth-order valence-electron chi connectivity index (χ4n) is 19.1. The zero-order valence-electron chi connectivity index (χ0n) is 63.4. The lowest BCUT2D eigenvalue weighted by atomic mass is 9.80. The van der Waals surface area contributed by atoms with E-state index in [1.54, 1.807) is 0 Å². The molecule has 0 saturated carbocycles. The molecule has 0 fully saturated rings. The first-order chi connectivity index (χ1) is 56.2. The molecule has 536 valence electrons. The minimum Gasteiger partial charge on any atom is -0.456 e. The van der Waals surface area contributed by atoms with Crippen molar-refractivity contribution in [3.63, 3.8) is 0 Å². The maximum atomic E-state index is 6.25. The summed E-state index contributed by atoms with van der Waals surface area (Å²) in [4.78, 5) is 0. The lowest BCUT2D eigenvalue weighted by Crippen LogP contribution is -2.01. The van der Waals surface area contributed by atoms with Crippen molar-refractivity contribution in [2.24, 2.45) is 0 Å². The second kappa shape index (κ2) is 27.2. The number of rotatable bonds is 7. The molecule has 3 heterocycles. The summed E-state index contributed by atoms with van der Waals surface area (Å²) >= 11 is 1.88. The lowest BCUT2D eigenvalue weighted by Gasteiger charge is -2.24. The van der Waals surface area contributed by atoms with Crippen LogP contribution in [0.4, 0.5) is 0 Å². The van der Waals surface area contributed by atoms with E-state index in [9.17, 15) is 0 Å². The van der Waals surface area contributed by atoms with Crippen molar-refractivity contribution in [1.29, 1.82) is 0 Å². The molecule has 0 bridgehead atoms. The minimum atomic E-state index is 0.928. The van der Waals surface area contributed by atoms with Crippen LogP contribution in [0.25, 0.3) is 207 Å². The van der Waals surface area contributed by atoms with Crippen LogP contribution < -0.4 is 0 Å². The Morgan fingerprint density at radius 2 is 0.518 bits per heavy atom. The molecular weight excluding hydrogens is 1400 g/mol. The molecule has 2 nitrogen and oxygen atoms in total. The molecule has 24 rings (SSSR count). The predicted molar refractivity (Wildman–Crippen MR) is 486 cm³/mol. The second-order valence-electron chi connectivity index (χ2n) is 30.9. The standard InChI is InChI=1S/C47H34O.C40H24S.C24H16O/c1-27-45(34-18-16-32-22-30-10-4-6-12-37(30)40(32)24-34)28(2)47(36-20-21-44-42(26-36)39-14-8-9-15-43(39)48-44)29(3)46(27)35-19-17-33-23-31-11-5-7-13-38(31)41(33)25-35;1-5-13-31-25(9-1)21-26-10-2-6-14-32(26)39(31)29-17-19-37-35(23-29)36-24-30(18-20-38(36)41-37)40-33-15-7-3-11-27(33)22-28-12-4-8-16-34(28)40;1-3-7-17(8-4-1)19-11-13-21-22-14-12-20(18-9-5-2-6-10-18)16-24(22)25-23(21)15-19/h4-21,24-26H,22-23H2,1-3H3;1-24H;1-16H. The number of para-hydroxylation sites is 1. The van der Waals surface area contributed by atoms with Crippen LogP contribution in [0, 0.1) is 20.8 Å². The zero-order valence-corrected chi connectivity index (χ0v) is 64.2. The Balaban J connectivity index is 0.000000109. The molecule has 2 aliphatic carbocycles. The van der Waals surface area contributed by atoms with Gasteiger partial charge in [-0.1, -0.05) is 279 Å². The van der Waals surface area contributed by atoms with Crippen LogP contribution in [0.5, 0.6) is 0 Å². The molecule has 3 heteroatoms. The van der Waals surface area contributed by atoms with E-state index in [-0.39, 0.29) is 0 Å². The van der Waals surface area contributed by atoms with E-state index < -0.39 is 0 Å². The van der Waals surface area contributed by atoms with E-state index in [4.69, 9.17) is 8.83 Å². The summed E-state index contributed by atoms with van der Waals surface area (Å²) in [5.41, 5.74) is 36.5. The molecule has 114 heavy (non-hydrogen) atoms. The van der Waals surface area contributed by atoms with Crippen molar-refractivity contribution in [2.75, 3.05) is 0 Å². The predicted octanol–water partition coefficient (Wildman–Crippen LogP) is 31.6. The number of thiophene rings is 1. The van der Waals surface area contributed by atoms with E-state index >= 15 is 0 Å². The van der Waals surface area contributed by atoms with Crippen LogP contribution in [0.1, 0.15) is 38.9 Å². The number of furan rings is 2. The number of benzene rings is 19. The summed E-state index contributed by atoms with van der Waals surface area (Å²) in [5.74, 6) is 0. The summed E-state index contributed by atoms with van der Waals surface area (Å²) in [6, 6.07) is 135. The summed E-state index contributed by atoms with van der Waals surface area (Å²) in [5, 5.41) is 17.6. The summed E-state index contributed by atoms with van der Waals surface area (Å²) < 4.78 is 15.1. The van der Waals surface area contributed by atoms with E-state index in [0.29, 0.717) is 0 Å². The van der Waals surface area contributed by atoms with Gasteiger partial charge in [-0.05, 0) is 307 Å². The highest BCUT2D eigenvalue weighted by molar-refractivity contribution is 7.25. The van der Waals surface area contributed by atoms with Crippen LogP contribution in [-0.2, 0) is 12.8 Å². The van der Waals surface area contributed by atoms with E-state index in [2.05, 4.69) is 373 Å². The van der Waals surface area contributed by atoms with Gasteiger partial charge in [-0.2, -0.15) is 0 Å². The molecule has 0 saturated heterocycles. The summed E-state index contributed by atoms with van der Waals surface area (Å²) in [6.07, 6.45) is 2.01. The number of hydrogen-bond donors (Lipinski definition) is 0. The highest BCUT2D eigenvalue weighted by atomic mass is 32.1. The number of hydrogen-bond acceptors (Lipinski definition) is 3. The highest BCUT2D eigenvalue weighted by Crippen LogP contribution is 2.51. The Morgan fingerprint density at radius 3 is 0.982 bits per heavy atom. The fraction of sp³-hybridized carbons (Fsp3) is 0.0450. The lowest BCUT2D eigenvalue weighted by molar-refractivity contribution is 0.668. The highest BCUT2D eigenvalue weighted by Gasteiger charge is 2.27. The molecule has 0 atom stereocenters. The van der Waals surface area contributed by atoms with Crippen LogP contribution in [0.2, 0.25) is 0 Å². The molecular formula is C111H74O2S. The zero-order chi connectivity index (χ0) is 75.6. The van der Waals surface area contributed by atoms with Crippen LogP contribution >= 0.6 is 11.3 Å². The van der Waals surface area contributed by atoms with Gasteiger partial charge in [-0.3, -0.25) is 0 Å². The average molecular weight is 1470 g/mol. The van der Waals surface area contributed by atoms with Crippen molar-refractivity contribution in [3.8, 4) is 100 Å². The molecule has 0 aliphatic heterocycles. The molecule has 3 aromatic heterocycles. The van der Waals surface area contributed by atoms with E-state index in [1.165, 1.54) is 202 Å². The molecule has 0 N–H and O–H groups in total. The Kier molecular flexibility index (Phi) is 16.0. The van der Waals surface area contributed by atoms with Crippen LogP contribution in [-0.4, -0.2) is 0 Å². The topological polar surface area (TPSA) is 26.3 Å². The monoisotopic (exact) mass is 1470 g/mol. The Labute approximate surface area is 665 Å². The van der Waals surface area contributed by atoms with E-state index in [1.807, 2.05) is 29.5 Å². The fourth-order valence-corrected chi connectivity index (χ4v) is 20.2. The van der Waals surface area contributed by atoms with Gasteiger partial charge in [0.1, 0.15) is 22.3 Å². The summed E-state index contributed by atoms with van der Waals surface area (Å²) in [6.45, 7) is 6.99. The van der Waals surface area contributed by atoms with Gasteiger partial charge < -0.3 is 8.83 Å². The molecule has 2 aliphatic rings. The maximum Gasteiger partial charge on any atom is 0.136 e. The molecule has 19 aromatic carbocycles. The van der Waals surface area contributed by atoms with Crippen molar-refractivity contribution in [1.82, 2.24) is 0 Å². The van der Waals surface area contributed by atoms with E-state index in [0.717, 1.165) is 56.7 Å². The molecule has 0 unspecified atom stereocenters. The van der Waals surface area contributed by atoms with Crippen LogP contribution in [0.15, 0.2) is 379 Å². The van der Waals surface area contributed by atoms with Gasteiger partial charge in [0, 0.05) is 41.7 Å². The third-order valence-electron chi connectivity index (χ3n) is 24.4. The Hall–Kier alpha value is -14.0. The molecule has 0 radical (unpaired) electrons. The Bertz CT molecular complexity index is 7200. The van der Waals surface area contributed by atoms with Crippen molar-refractivity contribution in [2.45, 2.75) is 33.6 Å². The SMILES string of the molecule is Cc1c(-c2ccc3c(c2)-c2ccccc2C3)c(C)c(-c2ccc3oc4ccccc4c3c2)c(C)c1-c1ccc2c(c1)-c1ccccc1C2.c1ccc(-c2ccc3c(c2)oc2cc(-c4ccccc4)ccc23)cc1.c1ccc2c(-c3ccc4sc5ccc(-c6c7ccccc7cc7ccccc67)cc5c4c3)c3ccccc3cc2c1.